The molecular weight excluding hydrogens is 464 g/mol. The largest absolute Gasteiger partial charge is 0.444 e. The molecule has 0 aliphatic heterocycles. The van der Waals surface area contributed by atoms with Crippen LogP contribution in [0, 0.1) is 11.3 Å². The molecule has 1 saturated carbocycles. The summed E-state index contributed by atoms with van der Waals surface area (Å²) in [4.78, 5) is 25.2. The van der Waals surface area contributed by atoms with Gasteiger partial charge in [-0.25, -0.2) is 4.79 Å². The van der Waals surface area contributed by atoms with Crippen molar-refractivity contribution in [2.24, 2.45) is 0 Å². The molecule has 1 aliphatic rings. The van der Waals surface area contributed by atoms with Gasteiger partial charge in [-0.15, -0.1) is 0 Å². The minimum Gasteiger partial charge on any atom is -0.444 e. The van der Waals surface area contributed by atoms with E-state index in [2.05, 4.69) is 21.2 Å². The van der Waals surface area contributed by atoms with Crippen LogP contribution in [0.1, 0.15) is 75.7 Å². The Hall–Kier alpha value is -1.95. The van der Waals surface area contributed by atoms with E-state index in [1.165, 1.54) is 6.07 Å². The number of nitrogens with one attached hydrogen (secondary N) is 1. The number of nitriles is 1. The van der Waals surface area contributed by atoms with Gasteiger partial charge in [-0.1, -0.05) is 15.9 Å². The van der Waals surface area contributed by atoms with Gasteiger partial charge >= 0.3 is 6.09 Å². The molecule has 0 aromatic heterocycles. The Morgan fingerprint density at radius 1 is 1.29 bits per heavy atom. The van der Waals surface area contributed by atoms with Crippen molar-refractivity contribution < 1.29 is 24.2 Å². The topological polar surface area (TPSA) is 109 Å². The first-order chi connectivity index (χ1) is 14.3. The van der Waals surface area contributed by atoms with Crippen LogP contribution in [0.2, 0.25) is 0 Å². The fourth-order valence-electron chi connectivity index (χ4n) is 3.98. The summed E-state index contributed by atoms with van der Waals surface area (Å²) in [6.45, 7) is 7.29. The number of ketones is 1. The highest BCUT2D eigenvalue weighted by atomic mass is 79.9. The summed E-state index contributed by atoms with van der Waals surface area (Å²) in [7, 11) is 1.61. The maximum absolute atomic E-state index is 13.1. The number of aliphatic hydroxyl groups is 1. The van der Waals surface area contributed by atoms with Crippen molar-refractivity contribution in [2.45, 2.75) is 82.6 Å². The minimum atomic E-state index is -1.53. The first-order valence-corrected chi connectivity index (χ1v) is 11.1. The lowest BCUT2D eigenvalue weighted by atomic mass is 9.71. The first kappa shape index (κ1) is 25.3. The highest BCUT2D eigenvalue weighted by Crippen LogP contribution is 2.42. The Balaban J connectivity index is 2.06. The second kappa shape index (κ2) is 9.68. The number of Topliss-reactive ketones (excluding diaryl/α,β-unsaturated/α-hetero) is 1. The molecule has 0 heterocycles. The van der Waals surface area contributed by atoms with E-state index < -0.39 is 28.7 Å². The highest BCUT2D eigenvalue weighted by Gasteiger charge is 2.47. The quantitative estimate of drug-likeness (QED) is 0.563. The van der Waals surface area contributed by atoms with Gasteiger partial charge in [0.2, 0.25) is 0 Å². The molecule has 8 heteroatoms. The van der Waals surface area contributed by atoms with E-state index >= 15 is 0 Å². The molecule has 1 fully saturated rings. The molecule has 170 valence electrons. The number of benzene rings is 1. The Morgan fingerprint density at radius 3 is 2.42 bits per heavy atom. The lowest BCUT2D eigenvalue weighted by Gasteiger charge is -2.43. The molecular formula is C23H31BrN2O5. The number of carbonyl (C=O) groups is 2. The summed E-state index contributed by atoms with van der Waals surface area (Å²) in [5.74, 6) is -0.402. The van der Waals surface area contributed by atoms with E-state index in [0.717, 1.165) is 0 Å². The van der Waals surface area contributed by atoms with Crippen LogP contribution in [0.15, 0.2) is 22.7 Å². The smallest absolute Gasteiger partial charge is 0.407 e. The second-order valence-corrected chi connectivity index (χ2v) is 10.2. The molecule has 2 rings (SSSR count). The van der Waals surface area contributed by atoms with Gasteiger partial charge in [0, 0.05) is 23.2 Å². The van der Waals surface area contributed by atoms with Crippen LogP contribution in [-0.2, 0) is 9.47 Å². The monoisotopic (exact) mass is 494 g/mol. The van der Waals surface area contributed by atoms with Gasteiger partial charge < -0.3 is 19.9 Å². The number of hydrogen-bond donors (Lipinski definition) is 2. The van der Waals surface area contributed by atoms with Crippen LogP contribution in [0.5, 0.6) is 0 Å². The lowest BCUT2D eigenvalue weighted by Crippen LogP contribution is -2.51. The average Bonchev–Trinajstić information content (AvgIpc) is 2.68. The summed E-state index contributed by atoms with van der Waals surface area (Å²) in [6.07, 6.45) is 1.41. The van der Waals surface area contributed by atoms with Crippen LogP contribution in [0.4, 0.5) is 4.79 Å². The molecule has 2 N–H and O–H groups in total. The highest BCUT2D eigenvalue weighted by molar-refractivity contribution is 9.10. The summed E-state index contributed by atoms with van der Waals surface area (Å²) in [5, 5.41) is 23.1. The summed E-state index contributed by atoms with van der Waals surface area (Å²) in [5.41, 5.74) is -2.01. The lowest BCUT2D eigenvalue weighted by molar-refractivity contribution is -0.0936. The van der Waals surface area contributed by atoms with Gasteiger partial charge in [0.1, 0.15) is 11.2 Å². The van der Waals surface area contributed by atoms with Gasteiger partial charge in [-0.2, -0.15) is 5.26 Å². The number of amides is 1. The third kappa shape index (κ3) is 6.52. The van der Waals surface area contributed by atoms with Crippen molar-refractivity contribution in [3.63, 3.8) is 0 Å². The number of carbonyl (C=O) groups excluding carboxylic acids is 2. The van der Waals surface area contributed by atoms with Crippen LogP contribution in [0.3, 0.4) is 0 Å². The van der Waals surface area contributed by atoms with E-state index in [0.29, 0.717) is 34.9 Å². The summed E-state index contributed by atoms with van der Waals surface area (Å²) >= 11 is 3.35. The molecule has 1 aliphatic carbocycles. The number of alkyl carbamates (subject to hydrolysis) is 1. The molecule has 1 amide bonds. The Labute approximate surface area is 192 Å². The fourth-order valence-corrected chi connectivity index (χ4v) is 4.40. The standard InChI is InChI=1S/C23H31BrN2O5/c1-15(26-20(28)31-21(2,3)4)13-22(30-5)8-10-23(29,11-9-22)19(27)17-12-16(14-25)6-7-18(17)24/h6-7,12,15,29H,8-11,13H2,1-5H3,(H,26,28)/t15-,22?,23?/m0/s1. The van der Waals surface area contributed by atoms with Crippen LogP contribution >= 0.6 is 15.9 Å². The number of nitrogens with zero attached hydrogens (tertiary/aromatic N) is 1. The van der Waals surface area contributed by atoms with Crippen molar-refractivity contribution in [1.29, 1.82) is 5.26 Å². The summed E-state index contributed by atoms with van der Waals surface area (Å²) in [6, 6.07) is 6.56. The van der Waals surface area contributed by atoms with E-state index in [1.807, 2.05) is 13.0 Å². The van der Waals surface area contributed by atoms with Gasteiger partial charge in [0.25, 0.3) is 0 Å². The number of rotatable bonds is 6. The van der Waals surface area contributed by atoms with Crippen LogP contribution in [0.25, 0.3) is 0 Å². The Bertz CT molecular complexity index is 864. The van der Waals surface area contributed by atoms with Crippen molar-refractivity contribution in [3.05, 3.63) is 33.8 Å². The zero-order chi connectivity index (χ0) is 23.4. The molecule has 1 aromatic carbocycles. The SMILES string of the molecule is COC1(C[C@H](C)NC(=O)OC(C)(C)C)CCC(O)(C(=O)c2cc(C#N)ccc2Br)CC1. The number of hydrogen-bond acceptors (Lipinski definition) is 6. The molecule has 0 saturated heterocycles. The molecule has 7 nitrogen and oxygen atoms in total. The molecule has 31 heavy (non-hydrogen) atoms. The summed E-state index contributed by atoms with van der Waals surface area (Å²) < 4.78 is 11.7. The molecule has 0 radical (unpaired) electrons. The van der Waals surface area contributed by atoms with Gasteiger partial charge in [0.05, 0.1) is 17.2 Å². The molecule has 0 bridgehead atoms. The zero-order valence-corrected chi connectivity index (χ0v) is 20.3. The normalized spacial score (nSPS) is 24.7. The maximum atomic E-state index is 13.1. The Morgan fingerprint density at radius 2 is 1.90 bits per heavy atom. The Kier molecular flexibility index (Phi) is 7.90. The third-order valence-electron chi connectivity index (χ3n) is 5.63. The predicted molar refractivity (Wildman–Crippen MR) is 120 cm³/mol. The number of methoxy groups -OCH3 is 1. The van der Waals surface area contributed by atoms with Crippen molar-refractivity contribution in [3.8, 4) is 6.07 Å². The van der Waals surface area contributed by atoms with Gasteiger partial charge in [-0.3, -0.25) is 4.79 Å². The van der Waals surface area contributed by atoms with Crippen molar-refractivity contribution >= 4 is 27.8 Å². The zero-order valence-electron chi connectivity index (χ0n) is 18.8. The average molecular weight is 495 g/mol. The van der Waals surface area contributed by atoms with Crippen LogP contribution < -0.4 is 5.32 Å². The minimum absolute atomic E-state index is 0.210. The molecule has 0 unspecified atom stereocenters. The van der Waals surface area contributed by atoms with E-state index in [-0.39, 0.29) is 18.9 Å². The molecule has 0 spiro atoms. The number of ether oxygens (including phenoxy) is 2. The predicted octanol–water partition coefficient (Wildman–Crippen LogP) is 4.50. The fraction of sp³-hybridized carbons (Fsp3) is 0.609. The third-order valence-corrected chi connectivity index (χ3v) is 6.32. The molecule has 1 atom stereocenters. The maximum Gasteiger partial charge on any atom is 0.407 e. The van der Waals surface area contributed by atoms with E-state index in [4.69, 9.17) is 14.7 Å². The van der Waals surface area contributed by atoms with Gasteiger partial charge in [0.15, 0.2) is 5.78 Å². The van der Waals surface area contributed by atoms with E-state index in [1.54, 1.807) is 40.0 Å². The van der Waals surface area contributed by atoms with Crippen molar-refractivity contribution in [2.75, 3.05) is 7.11 Å². The molecule has 1 aromatic rings. The van der Waals surface area contributed by atoms with Crippen molar-refractivity contribution in [1.82, 2.24) is 5.32 Å². The number of halogens is 1. The van der Waals surface area contributed by atoms with E-state index in [9.17, 15) is 14.7 Å². The second-order valence-electron chi connectivity index (χ2n) is 9.31. The first-order valence-electron chi connectivity index (χ1n) is 10.3. The van der Waals surface area contributed by atoms with Crippen LogP contribution in [-0.4, -0.2) is 46.9 Å². The van der Waals surface area contributed by atoms with Gasteiger partial charge in [-0.05, 0) is 78.0 Å².